The van der Waals surface area contributed by atoms with E-state index in [9.17, 15) is 14.4 Å². The summed E-state index contributed by atoms with van der Waals surface area (Å²) in [4.78, 5) is 38.5. The van der Waals surface area contributed by atoms with Crippen LogP contribution in [0.2, 0.25) is 0 Å². The number of carbonyl (C=O) groups is 3. The molecule has 1 heterocycles. The molecule has 2 N–H and O–H groups in total. The molecule has 2 fully saturated rings. The number of rotatable bonds is 8. The van der Waals surface area contributed by atoms with Crippen molar-refractivity contribution >= 4 is 17.8 Å². The van der Waals surface area contributed by atoms with E-state index in [1.54, 1.807) is 25.3 Å². The van der Waals surface area contributed by atoms with Crippen LogP contribution in [0.5, 0.6) is 11.5 Å². The normalized spacial score (nSPS) is 26.8. The van der Waals surface area contributed by atoms with E-state index in [2.05, 4.69) is 22.8 Å². The Bertz CT molecular complexity index is 884. The molecule has 0 spiro atoms. The van der Waals surface area contributed by atoms with Gasteiger partial charge in [-0.05, 0) is 48.3 Å². The Balaban J connectivity index is 1.31. The summed E-state index contributed by atoms with van der Waals surface area (Å²) in [6.07, 6.45) is 6.76. The number of methoxy groups -OCH3 is 2. The van der Waals surface area contributed by atoms with Crippen molar-refractivity contribution in [2.75, 3.05) is 20.8 Å². The van der Waals surface area contributed by atoms with E-state index in [-0.39, 0.29) is 18.9 Å². The first kappa shape index (κ1) is 20.3. The van der Waals surface area contributed by atoms with Gasteiger partial charge in [0.25, 0.3) is 5.91 Å². The Morgan fingerprint density at radius 2 is 1.97 bits per heavy atom. The predicted octanol–water partition coefficient (Wildman–Crippen LogP) is 1.84. The van der Waals surface area contributed by atoms with E-state index in [1.165, 1.54) is 13.5 Å². The molecule has 160 valence electrons. The fourth-order valence-electron chi connectivity index (χ4n) is 4.66. The highest BCUT2D eigenvalue weighted by atomic mass is 16.5. The van der Waals surface area contributed by atoms with Gasteiger partial charge in [0.2, 0.25) is 5.91 Å². The number of nitrogens with one attached hydrogen (secondary N) is 2. The molecule has 3 aliphatic rings. The van der Waals surface area contributed by atoms with Crippen molar-refractivity contribution in [3.63, 3.8) is 0 Å². The van der Waals surface area contributed by atoms with E-state index in [0.29, 0.717) is 35.8 Å². The Kier molecular flexibility index (Phi) is 5.65. The van der Waals surface area contributed by atoms with Crippen molar-refractivity contribution in [1.29, 1.82) is 0 Å². The van der Waals surface area contributed by atoms with Crippen LogP contribution in [-0.2, 0) is 16.1 Å². The van der Waals surface area contributed by atoms with Crippen LogP contribution in [0.1, 0.15) is 24.8 Å². The maximum atomic E-state index is 12.7. The second-order valence-corrected chi connectivity index (χ2v) is 8.16. The molecule has 4 atom stereocenters. The van der Waals surface area contributed by atoms with Crippen molar-refractivity contribution < 1.29 is 23.9 Å². The minimum atomic E-state index is -0.836. The Morgan fingerprint density at radius 1 is 1.17 bits per heavy atom. The van der Waals surface area contributed by atoms with Crippen LogP contribution in [0.15, 0.2) is 30.4 Å². The van der Waals surface area contributed by atoms with Crippen LogP contribution in [0.4, 0.5) is 4.79 Å². The highest BCUT2D eigenvalue weighted by Crippen LogP contribution is 2.42. The number of allylic oxidation sites excluding steroid dienone is 2. The summed E-state index contributed by atoms with van der Waals surface area (Å²) in [5, 5.41) is 5.56. The van der Waals surface area contributed by atoms with E-state index in [4.69, 9.17) is 9.47 Å². The number of ether oxygens (including phenoxy) is 2. The van der Waals surface area contributed by atoms with Gasteiger partial charge in [-0.15, -0.1) is 0 Å². The molecule has 4 rings (SSSR count). The van der Waals surface area contributed by atoms with Gasteiger partial charge in [-0.25, -0.2) is 4.79 Å². The maximum absolute atomic E-state index is 12.7. The number of fused-ring (bicyclic) bond motifs is 2. The molecule has 1 aromatic rings. The quantitative estimate of drug-likeness (QED) is 0.501. The first-order valence-electron chi connectivity index (χ1n) is 10.3. The third-order valence-electron chi connectivity index (χ3n) is 6.26. The van der Waals surface area contributed by atoms with E-state index >= 15 is 0 Å². The first-order valence-corrected chi connectivity index (χ1v) is 10.3. The lowest BCUT2D eigenvalue weighted by Crippen LogP contribution is -2.38. The summed E-state index contributed by atoms with van der Waals surface area (Å²) in [5.41, 5.74) is 0.727. The number of hydrogen-bond donors (Lipinski definition) is 2. The standard InChI is InChI=1S/C22H27N3O5/c1-29-18-6-4-14(9-19(18)30-2)12-25-21(27)17(24-22(25)28)10-20(26)23-11-16-8-13-3-5-15(16)7-13/h3-6,9,13,15-17H,7-8,10-12H2,1-2H3,(H,23,26)(H,24,28). The summed E-state index contributed by atoms with van der Waals surface area (Å²) in [7, 11) is 3.07. The molecule has 1 aromatic carbocycles. The van der Waals surface area contributed by atoms with Crippen LogP contribution >= 0.6 is 0 Å². The van der Waals surface area contributed by atoms with Gasteiger partial charge in [0.15, 0.2) is 11.5 Å². The van der Waals surface area contributed by atoms with Gasteiger partial charge in [0, 0.05) is 6.54 Å². The molecule has 30 heavy (non-hydrogen) atoms. The number of imide groups is 1. The monoisotopic (exact) mass is 413 g/mol. The fraction of sp³-hybridized carbons (Fsp3) is 0.500. The molecular formula is C22H27N3O5. The lowest BCUT2D eigenvalue weighted by Gasteiger charge is -2.19. The van der Waals surface area contributed by atoms with Crippen LogP contribution in [0.25, 0.3) is 0 Å². The summed E-state index contributed by atoms with van der Waals surface area (Å²) >= 11 is 0. The van der Waals surface area contributed by atoms with Gasteiger partial charge in [-0.1, -0.05) is 18.2 Å². The zero-order valence-electron chi connectivity index (χ0n) is 17.2. The molecule has 1 saturated heterocycles. The van der Waals surface area contributed by atoms with Gasteiger partial charge in [0.05, 0.1) is 27.2 Å². The summed E-state index contributed by atoms with van der Waals surface area (Å²) in [5.74, 6) is 2.16. The zero-order valence-corrected chi connectivity index (χ0v) is 17.2. The number of carbonyl (C=O) groups excluding carboxylic acids is 3. The minimum absolute atomic E-state index is 0.0519. The van der Waals surface area contributed by atoms with E-state index in [0.717, 1.165) is 16.9 Å². The second-order valence-electron chi connectivity index (χ2n) is 8.16. The molecular weight excluding hydrogens is 386 g/mol. The van der Waals surface area contributed by atoms with Gasteiger partial charge >= 0.3 is 6.03 Å². The maximum Gasteiger partial charge on any atom is 0.325 e. The van der Waals surface area contributed by atoms with Gasteiger partial charge in [-0.3, -0.25) is 14.5 Å². The van der Waals surface area contributed by atoms with Crippen LogP contribution in [-0.4, -0.2) is 49.6 Å². The number of hydrogen-bond acceptors (Lipinski definition) is 5. The van der Waals surface area contributed by atoms with Gasteiger partial charge < -0.3 is 20.1 Å². The zero-order chi connectivity index (χ0) is 21.3. The molecule has 0 radical (unpaired) electrons. The molecule has 2 aliphatic carbocycles. The smallest absolute Gasteiger partial charge is 0.325 e. The fourth-order valence-corrected chi connectivity index (χ4v) is 4.66. The molecule has 1 aliphatic heterocycles. The Morgan fingerprint density at radius 3 is 2.63 bits per heavy atom. The Hall–Kier alpha value is -3.03. The summed E-state index contributed by atoms with van der Waals surface area (Å²) < 4.78 is 10.5. The summed E-state index contributed by atoms with van der Waals surface area (Å²) in [6, 6.07) is 3.89. The van der Waals surface area contributed by atoms with Crippen LogP contribution < -0.4 is 20.1 Å². The molecule has 8 nitrogen and oxygen atoms in total. The van der Waals surface area contributed by atoms with Crippen molar-refractivity contribution in [3.05, 3.63) is 35.9 Å². The van der Waals surface area contributed by atoms with Crippen LogP contribution in [0, 0.1) is 17.8 Å². The first-order chi connectivity index (χ1) is 14.5. The molecule has 8 heteroatoms. The SMILES string of the molecule is COc1ccc(CN2C(=O)NC(CC(=O)NCC3CC4C=CC3C4)C2=O)cc1OC. The van der Waals surface area contributed by atoms with E-state index in [1.807, 2.05) is 0 Å². The minimum Gasteiger partial charge on any atom is -0.493 e. The molecule has 2 bridgehead atoms. The number of urea groups is 1. The number of benzene rings is 1. The average Bonchev–Trinajstić information content (AvgIpc) is 3.44. The topological polar surface area (TPSA) is 97.0 Å². The number of amides is 4. The second kappa shape index (κ2) is 8.38. The van der Waals surface area contributed by atoms with Crippen molar-refractivity contribution in [2.24, 2.45) is 17.8 Å². The highest BCUT2D eigenvalue weighted by molar-refractivity contribution is 6.05. The van der Waals surface area contributed by atoms with Crippen molar-refractivity contribution in [3.8, 4) is 11.5 Å². The highest BCUT2D eigenvalue weighted by Gasteiger charge is 2.40. The molecule has 0 aromatic heterocycles. The largest absolute Gasteiger partial charge is 0.493 e. The van der Waals surface area contributed by atoms with Gasteiger partial charge in [-0.2, -0.15) is 0 Å². The number of nitrogens with zero attached hydrogens (tertiary/aromatic N) is 1. The molecule has 1 saturated carbocycles. The lowest BCUT2D eigenvalue weighted by atomic mass is 9.93. The predicted molar refractivity (Wildman–Crippen MR) is 109 cm³/mol. The molecule has 4 amide bonds. The third-order valence-corrected chi connectivity index (χ3v) is 6.26. The lowest BCUT2D eigenvalue weighted by molar-refractivity contribution is -0.131. The Labute approximate surface area is 175 Å². The van der Waals surface area contributed by atoms with Gasteiger partial charge in [0.1, 0.15) is 6.04 Å². The van der Waals surface area contributed by atoms with E-state index < -0.39 is 18.0 Å². The van der Waals surface area contributed by atoms with Crippen molar-refractivity contribution in [1.82, 2.24) is 15.5 Å². The third kappa shape index (κ3) is 3.99. The van der Waals surface area contributed by atoms with Crippen molar-refractivity contribution in [2.45, 2.75) is 31.8 Å². The average molecular weight is 413 g/mol. The molecule has 4 unspecified atom stereocenters. The summed E-state index contributed by atoms with van der Waals surface area (Å²) in [6.45, 7) is 0.717. The van der Waals surface area contributed by atoms with Crippen LogP contribution in [0.3, 0.4) is 0 Å².